The summed E-state index contributed by atoms with van der Waals surface area (Å²) < 4.78 is 8.78. The van der Waals surface area contributed by atoms with E-state index in [2.05, 4.69) is 15.2 Å². The van der Waals surface area contributed by atoms with E-state index in [0.717, 1.165) is 0 Å². The average molecular weight is 223 g/mol. The fourth-order valence-corrected chi connectivity index (χ4v) is 1.31. The molecule has 0 aromatic carbocycles. The topological polar surface area (TPSA) is 142 Å². The van der Waals surface area contributed by atoms with E-state index < -0.39 is 36.5 Å². The summed E-state index contributed by atoms with van der Waals surface area (Å²) in [6.07, 6.45) is -7.54. The lowest BCUT2D eigenvalue weighted by molar-refractivity contribution is -0.426. The Hall–Kier alpha value is -0.930. The molecular weight excluding hydrogens is 210 g/mol. The minimum atomic E-state index is -2.75. The SMILES string of the molecule is C[C@@H]1OC(O)(OC(N)=O)[C@H](O)[C@H](O)[C@H]1O. The van der Waals surface area contributed by atoms with Crippen molar-refractivity contribution in [1.82, 2.24) is 0 Å². The third kappa shape index (κ3) is 2.19. The van der Waals surface area contributed by atoms with Crippen LogP contribution in [0.1, 0.15) is 6.92 Å². The molecule has 1 amide bonds. The highest BCUT2D eigenvalue weighted by Crippen LogP contribution is 2.28. The first-order valence-electron chi connectivity index (χ1n) is 4.21. The highest BCUT2D eigenvalue weighted by atomic mass is 16.8. The molecule has 0 bridgehead atoms. The van der Waals surface area contributed by atoms with E-state index in [4.69, 9.17) is 0 Å². The van der Waals surface area contributed by atoms with Crippen LogP contribution in [-0.4, -0.2) is 56.9 Å². The molecule has 15 heavy (non-hydrogen) atoms. The number of primary amides is 1. The van der Waals surface area contributed by atoms with E-state index >= 15 is 0 Å². The molecule has 0 aliphatic carbocycles. The summed E-state index contributed by atoms with van der Waals surface area (Å²) >= 11 is 0. The van der Waals surface area contributed by atoms with Crippen LogP contribution in [-0.2, 0) is 9.47 Å². The number of hydrogen-bond donors (Lipinski definition) is 5. The molecule has 8 heteroatoms. The van der Waals surface area contributed by atoms with E-state index in [0.29, 0.717) is 0 Å². The third-order valence-electron chi connectivity index (χ3n) is 2.13. The molecular formula is C7H13NO7. The first-order valence-corrected chi connectivity index (χ1v) is 4.21. The Morgan fingerprint density at radius 3 is 2.40 bits per heavy atom. The van der Waals surface area contributed by atoms with Gasteiger partial charge in [0.1, 0.15) is 12.2 Å². The van der Waals surface area contributed by atoms with Crippen molar-refractivity contribution in [3.05, 3.63) is 0 Å². The van der Waals surface area contributed by atoms with Crippen molar-refractivity contribution in [1.29, 1.82) is 0 Å². The molecule has 1 heterocycles. The Labute approximate surface area is 84.8 Å². The number of carbonyl (C=O) groups excluding carboxylic acids is 1. The zero-order valence-corrected chi connectivity index (χ0v) is 7.90. The van der Waals surface area contributed by atoms with Gasteiger partial charge in [0.15, 0.2) is 6.10 Å². The molecule has 1 fully saturated rings. The lowest BCUT2D eigenvalue weighted by Gasteiger charge is -2.42. The van der Waals surface area contributed by atoms with Crippen molar-refractivity contribution in [3.8, 4) is 0 Å². The molecule has 5 atom stereocenters. The van der Waals surface area contributed by atoms with Gasteiger partial charge in [0, 0.05) is 0 Å². The Bertz CT molecular complexity index is 260. The fourth-order valence-electron chi connectivity index (χ4n) is 1.31. The van der Waals surface area contributed by atoms with E-state index in [1.165, 1.54) is 6.92 Å². The van der Waals surface area contributed by atoms with Crippen LogP contribution >= 0.6 is 0 Å². The number of hydrogen-bond acceptors (Lipinski definition) is 7. The molecule has 1 saturated heterocycles. The largest absolute Gasteiger partial charge is 0.408 e. The molecule has 0 aromatic heterocycles. The number of ether oxygens (including phenoxy) is 2. The second-order valence-corrected chi connectivity index (χ2v) is 3.30. The van der Waals surface area contributed by atoms with Crippen LogP contribution < -0.4 is 5.73 Å². The van der Waals surface area contributed by atoms with Crippen LogP contribution in [0.3, 0.4) is 0 Å². The zero-order valence-electron chi connectivity index (χ0n) is 7.90. The minimum absolute atomic E-state index is 1.03. The maximum Gasteiger partial charge on any atom is 0.408 e. The highest BCUT2D eigenvalue weighted by Gasteiger charge is 2.54. The number of aliphatic hydroxyl groups excluding tert-OH is 3. The Morgan fingerprint density at radius 2 is 1.93 bits per heavy atom. The quantitative estimate of drug-likeness (QED) is 0.303. The van der Waals surface area contributed by atoms with Crippen molar-refractivity contribution >= 4 is 6.09 Å². The van der Waals surface area contributed by atoms with Crippen molar-refractivity contribution in [2.24, 2.45) is 5.73 Å². The number of nitrogens with two attached hydrogens (primary N) is 1. The van der Waals surface area contributed by atoms with Crippen LogP contribution in [0.5, 0.6) is 0 Å². The van der Waals surface area contributed by atoms with Gasteiger partial charge >= 0.3 is 12.1 Å². The number of rotatable bonds is 1. The second-order valence-electron chi connectivity index (χ2n) is 3.30. The summed E-state index contributed by atoms with van der Waals surface area (Å²) in [7, 11) is 0. The van der Waals surface area contributed by atoms with E-state index in [1.807, 2.05) is 0 Å². The van der Waals surface area contributed by atoms with Gasteiger partial charge < -0.3 is 35.6 Å². The number of aliphatic hydroxyl groups is 4. The van der Waals surface area contributed by atoms with Crippen molar-refractivity contribution in [2.75, 3.05) is 0 Å². The average Bonchev–Trinajstić information content (AvgIpc) is 2.10. The fraction of sp³-hybridized carbons (Fsp3) is 0.857. The summed E-state index contributed by atoms with van der Waals surface area (Å²) in [6.45, 7) is 1.31. The molecule has 6 N–H and O–H groups in total. The van der Waals surface area contributed by atoms with Gasteiger partial charge in [0.25, 0.3) is 0 Å². The molecule has 0 radical (unpaired) electrons. The normalized spacial score (nSPS) is 46.2. The standard InChI is InChI=1S/C7H13NO7/c1-2-3(9)4(10)5(11)7(13,14-2)15-6(8)12/h2-5,9-11,13H,1H3,(H2,8,12)/t2-,3-,4+,5+,7?/m0/s1. The predicted octanol–water partition coefficient (Wildman–Crippen LogP) is -2.77. The lowest BCUT2D eigenvalue weighted by Crippen LogP contribution is -2.65. The molecule has 0 aromatic rings. The molecule has 8 nitrogen and oxygen atoms in total. The monoisotopic (exact) mass is 223 g/mol. The third-order valence-corrected chi connectivity index (χ3v) is 2.13. The maximum atomic E-state index is 10.4. The van der Waals surface area contributed by atoms with Crippen molar-refractivity contribution in [3.63, 3.8) is 0 Å². The summed E-state index contributed by atoms with van der Waals surface area (Å²) in [5, 5.41) is 37.4. The molecule has 0 saturated carbocycles. The Balaban J connectivity index is 2.85. The van der Waals surface area contributed by atoms with E-state index in [1.54, 1.807) is 0 Å². The van der Waals surface area contributed by atoms with Gasteiger partial charge in [-0.3, -0.25) is 0 Å². The first kappa shape index (κ1) is 12.1. The number of amides is 1. The lowest BCUT2D eigenvalue weighted by atomic mass is 9.98. The van der Waals surface area contributed by atoms with Gasteiger partial charge in [-0.05, 0) is 6.92 Å². The van der Waals surface area contributed by atoms with Gasteiger partial charge in [-0.25, -0.2) is 4.79 Å². The Kier molecular flexibility index (Phi) is 3.16. The minimum Gasteiger partial charge on any atom is -0.389 e. The van der Waals surface area contributed by atoms with Gasteiger partial charge in [0.2, 0.25) is 0 Å². The van der Waals surface area contributed by atoms with Crippen LogP contribution in [0.2, 0.25) is 0 Å². The summed E-state index contributed by atoms with van der Waals surface area (Å²) in [5.74, 6) is -2.75. The van der Waals surface area contributed by atoms with Crippen molar-refractivity contribution < 1.29 is 34.7 Å². The number of carbonyl (C=O) groups is 1. The smallest absolute Gasteiger partial charge is 0.389 e. The molecule has 1 aliphatic rings. The maximum absolute atomic E-state index is 10.4. The zero-order chi connectivity index (χ0) is 11.8. The first-order chi connectivity index (χ1) is 6.78. The highest BCUT2D eigenvalue weighted by molar-refractivity contribution is 5.65. The summed E-state index contributed by atoms with van der Waals surface area (Å²) in [4.78, 5) is 10.4. The van der Waals surface area contributed by atoms with Crippen LogP contribution in [0, 0.1) is 0 Å². The van der Waals surface area contributed by atoms with Crippen LogP contribution in [0.4, 0.5) is 4.79 Å². The van der Waals surface area contributed by atoms with Crippen molar-refractivity contribution in [2.45, 2.75) is 37.3 Å². The van der Waals surface area contributed by atoms with Crippen LogP contribution in [0.15, 0.2) is 0 Å². The molecule has 0 spiro atoms. The van der Waals surface area contributed by atoms with Gasteiger partial charge in [-0.15, -0.1) is 0 Å². The predicted molar refractivity (Wildman–Crippen MR) is 44.2 cm³/mol. The van der Waals surface area contributed by atoms with Gasteiger partial charge in [-0.2, -0.15) is 0 Å². The molecule has 1 unspecified atom stereocenters. The van der Waals surface area contributed by atoms with E-state index in [-0.39, 0.29) is 0 Å². The van der Waals surface area contributed by atoms with Gasteiger partial charge in [0.05, 0.1) is 6.10 Å². The van der Waals surface area contributed by atoms with Crippen LogP contribution in [0.25, 0.3) is 0 Å². The molecule has 1 rings (SSSR count). The Morgan fingerprint density at radius 1 is 1.40 bits per heavy atom. The van der Waals surface area contributed by atoms with E-state index in [9.17, 15) is 25.2 Å². The molecule has 88 valence electrons. The van der Waals surface area contributed by atoms with Gasteiger partial charge in [-0.1, -0.05) is 0 Å². The summed E-state index contributed by atoms with van der Waals surface area (Å²) in [5.41, 5.74) is 4.64. The molecule has 1 aliphatic heterocycles. The second kappa shape index (κ2) is 3.91. The summed E-state index contributed by atoms with van der Waals surface area (Å²) in [6, 6.07) is 0.